The molecular formula is C14H18ClN3O2. The molecule has 1 aliphatic carbocycles. The molecule has 1 aromatic rings. The van der Waals surface area contributed by atoms with Crippen molar-refractivity contribution >= 4 is 23.0 Å². The van der Waals surface area contributed by atoms with Crippen molar-refractivity contribution in [3.8, 4) is 0 Å². The summed E-state index contributed by atoms with van der Waals surface area (Å²) in [6.07, 6.45) is 3.74. The molecule has 1 aromatic carbocycles. The predicted octanol–water partition coefficient (Wildman–Crippen LogP) is 3.29. The van der Waals surface area contributed by atoms with Gasteiger partial charge in [0.25, 0.3) is 5.69 Å². The Balaban J connectivity index is 1.66. The number of hydrogen-bond donors (Lipinski definition) is 1. The summed E-state index contributed by atoms with van der Waals surface area (Å²) >= 11 is 5.94. The number of nitro groups is 1. The van der Waals surface area contributed by atoms with Crippen LogP contribution in [0.1, 0.15) is 26.2 Å². The molecule has 0 aromatic heterocycles. The van der Waals surface area contributed by atoms with Crippen molar-refractivity contribution in [1.29, 1.82) is 0 Å². The van der Waals surface area contributed by atoms with Crippen LogP contribution in [0, 0.1) is 10.1 Å². The third kappa shape index (κ3) is 2.74. The van der Waals surface area contributed by atoms with Crippen LogP contribution in [0.25, 0.3) is 0 Å². The van der Waals surface area contributed by atoms with Gasteiger partial charge in [0.15, 0.2) is 0 Å². The van der Waals surface area contributed by atoms with Crippen molar-refractivity contribution in [2.75, 3.05) is 11.9 Å². The molecule has 0 bridgehead atoms. The molecule has 2 atom stereocenters. The maximum atomic E-state index is 10.7. The van der Waals surface area contributed by atoms with E-state index in [9.17, 15) is 10.1 Å². The highest BCUT2D eigenvalue weighted by molar-refractivity contribution is 6.32. The zero-order valence-corrected chi connectivity index (χ0v) is 12.1. The summed E-state index contributed by atoms with van der Waals surface area (Å²) in [6, 6.07) is 6.61. The molecule has 3 rings (SSSR count). The Hall–Kier alpha value is -1.33. The lowest BCUT2D eigenvalue weighted by molar-refractivity contribution is -0.384. The van der Waals surface area contributed by atoms with Gasteiger partial charge >= 0.3 is 0 Å². The van der Waals surface area contributed by atoms with Crippen LogP contribution in [-0.2, 0) is 0 Å². The summed E-state index contributed by atoms with van der Waals surface area (Å²) in [5, 5.41) is 14.4. The topological polar surface area (TPSA) is 58.4 Å². The van der Waals surface area contributed by atoms with Gasteiger partial charge in [0.1, 0.15) is 5.02 Å². The first-order valence-corrected chi connectivity index (χ1v) is 7.38. The van der Waals surface area contributed by atoms with Crippen molar-refractivity contribution in [3.63, 3.8) is 0 Å². The van der Waals surface area contributed by atoms with E-state index < -0.39 is 4.92 Å². The maximum absolute atomic E-state index is 10.7. The van der Waals surface area contributed by atoms with E-state index in [1.807, 2.05) is 0 Å². The molecule has 2 fully saturated rings. The van der Waals surface area contributed by atoms with Crippen molar-refractivity contribution in [2.45, 2.75) is 44.3 Å². The molecule has 20 heavy (non-hydrogen) atoms. The van der Waals surface area contributed by atoms with Gasteiger partial charge in [-0.25, -0.2) is 0 Å². The molecular weight excluding hydrogens is 278 g/mol. The zero-order chi connectivity index (χ0) is 14.3. The van der Waals surface area contributed by atoms with Gasteiger partial charge in [0.2, 0.25) is 0 Å². The summed E-state index contributed by atoms with van der Waals surface area (Å²) in [4.78, 5) is 12.8. The van der Waals surface area contributed by atoms with Gasteiger partial charge in [-0.3, -0.25) is 15.0 Å². The number of likely N-dealkylation sites (tertiary alicyclic amines) is 1. The van der Waals surface area contributed by atoms with Crippen LogP contribution in [0.2, 0.25) is 5.02 Å². The lowest BCUT2D eigenvalue weighted by Crippen LogP contribution is -2.31. The minimum atomic E-state index is -0.460. The van der Waals surface area contributed by atoms with Crippen LogP contribution < -0.4 is 5.32 Å². The van der Waals surface area contributed by atoms with E-state index in [1.165, 1.54) is 18.9 Å². The standard InChI is InChI=1S/C14H18ClN3O2/c1-9-6-11(8-17(9)12-3-4-12)16-10-2-5-14(18(19)20)13(15)7-10/h2,5,7,9,11-12,16H,3-4,6,8H2,1H3. The van der Waals surface area contributed by atoms with Gasteiger partial charge in [-0.2, -0.15) is 0 Å². The van der Waals surface area contributed by atoms with Gasteiger partial charge in [-0.15, -0.1) is 0 Å². The molecule has 1 N–H and O–H groups in total. The number of hydrogen-bond acceptors (Lipinski definition) is 4. The van der Waals surface area contributed by atoms with E-state index in [2.05, 4.69) is 17.1 Å². The number of nitrogens with one attached hydrogen (secondary N) is 1. The Bertz CT molecular complexity index is 533. The van der Waals surface area contributed by atoms with E-state index in [4.69, 9.17) is 11.6 Å². The molecule has 0 amide bonds. The van der Waals surface area contributed by atoms with E-state index in [0.717, 1.165) is 24.7 Å². The van der Waals surface area contributed by atoms with Gasteiger partial charge < -0.3 is 5.32 Å². The number of anilines is 1. The minimum Gasteiger partial charge on any atom is -0.381 e. The highest BCUT2D eigenvalue weighted by Gasteiger charge is 2.38. The fraction of sp³-hybridized carbons (Fsp3) is 0.571. The lowest BCUT2D eigenvalue weighted by atomic mass is 10.2. The number of benzene rings is 1. The highest BCUT2D eigenvalue weighted by atomic mass is 35.5. The summed E-state index contributed by atoms with van der Waals surface area (Å²) in [5.74, 6) is 0. The number of nitro benzene ring substituents is 1. The van der Waals surface area contributed by atoms with Gasteiger partial charge in [-0.1, -0.05) is 11.6 Å². The van der Waals surface area contributed by atoms with Gasteiger partial charge in [0.05, 0.1) is 4.92 Å². The second kappa shape index (κ2) is 5.22. The molecule has 0 spiro atoms. The normalized spacial score (nSPS) is 26.7. The second-order valence-corrected chi connectivity index (χ2v) is 6.18. The van der Waals surface area contributed by atoms with Crippen LogP contribution >= 0.6 is 11.6 Å². The van der Waals surface area contributed by atoms with E-state index in [0.29, 0.717) is 12.1 Å². The third-order valence-electron chi connectivity index (χ3n) is 4.15. The minimum absolute atomic E-state index is 0.0448. The molecule has 1 aliphatic heterocycles. The number of rotatable bonds is 4. The Labute approximate surface area is 123 Å². The van der Waals surface area contributed by atoms with Crippen LogP contribution in [0.3, 0.4) is 0 Å². The Morgan fingerprint density at radius 2 is 2.20 bits per heavy atom. The monoisotopic (exact) mass is 295 g/mol. The molecule has 1 saturated carbocycles. The maximum Gasteiger partial charge on any atom is 0.288 e. The zero-order valence-electron chi connectivity index (χ0n) is 11.4. The van der Waals surface area contributed by atoms with Crippen LogP contribution in [-0.4, -0.2) is 34.5 Å². The van der Waals surface area contributed by atoms with Crippen molar-refractivity contribution < 1.29 is 4.92 Å². The van der Waals surface area contributed by atoms with Crippen LogP contribution in [0.15, 0.2) is 18.2 Å². The Morgan fingerprint density at radius 1 is 1.45 bits per heavy atom. The molecule has 1 heterocycles. The summed E-state index contributed by atoms with van der Waals surface area (Å²) in [7, 11) is 0. The van der Waals surface area contributed by atoms with Gasteiger partial charge in [0, 0.05) is 36.4 Å². The molecule has 2 aliphatic rings. The molecule has 1 saturated heterocycles. The van der Waals surface area contributed by atoms with Crippen molar-refractivity contribution in [3.05, 3.63) is 33.3 Å². The fourth-order valence-electron chi connectivity index (χ4n) is 3.06. The summed E-state index contributed by atoms with van der Waals surface area (Å²) in [6.45, 7) is 3.31. The summed E-state index contributed by atoms with van der Waals surface area (Å²) in [5.41, 5.74) is 0.812. The van der Waals surface area contributed by atoms with Gasteiger partial charge in [-0.05, 0) is 38.3 Å². The smallest absolute Gasteiger partial charge is 0.288 e. The average molecular weight is 296 g/mol. The first-order chi connectivity index (χ1) is 9.54. The highest BCUT2D eigenvalue weighted by Crippen LogP contribution is 2.34. The predicted molar refractivity (Wildman–Crippen MR) is 79.3 cm³/mol. The SMILES string of the molecule is CC1CC(Nc2ccc([N+](=O)[O-])c(Cl)c2)CN1C1CC1. The lowest BCUT2D eigenvalue weighted by Gasteiger charge is -2.20. The largest absolute Gasteiger partial charge is 0.381 e. The Kier molecular flexibility index (Phi) is 3.56. The van der Waals surface area contributed by atoms with Crippen LogP contribution in [0.4, 0.5) is 11.4 Å². The van der Waals surface area contributed by atoms with E-state index in [-0.39, 0.29) is 10.7 Å². The van der Waals surface area contributed by atoms with E-state index >= 15 is 0 Å². The first-order valence-electron chi connectivity index (χ1n) is 7.01. The van der Waals surface area contributed by atoms with Crippen molar-refractivity contribution in [2.24, 2.45) is 0 Å². The molecule has 5 nitrogen and oxygen atoms in total. The molecule has 6 heteroatoms. The number of halogens is 1. The molecule has 108 valence electrons. The quantitative estimate of drug-likeness (QED) is 0.684. The average Bonchev–Trinajstić information content (AvgIpc) is 3.14. The van der Waals surface area contributed by atoms with Crippen molar-refractivity contribution in [1.82, 2.24) is 4.90 Å². The second-order valence-electron chi connectivity index (χ2n) is 5.78. The van der Waals surface area contributed by atoms with E-state index in [1.54, 1.807) is 12.1 Å². The Morgan fingerprint density at radius 3 is 2.80 bits per heavy atom. The fourth-order valence-corrected chi connectivity index (χ4v) is 3.31. The molecule has 0 radical (unpaired) electrons. The summed E-state index contributed by atoms with van der Waals surface area (Å²) < 4.78 is 0. The molecule has 2 unspecified atom stereocenters. The van der Waals surface area contributed by atoms with Crippen LogP contribution in [0.5, 0.6) is 0 Å². The first kappa shape index (κ1) is 13.6. The third-order valence-corrected chi connectivity index (χ3v) is 4.46. The number of nitrogens with zero attached hydrogens (tertiary/aromatic N) is 2.